The van der Waals surface area contributed by atoms with Crippen molar-refractivity contribution >= 4 is 78.7 Å². The molecule has 0 aliphatic carbocycles. The number of nitro groups is 2. The number of benzene rings is 2. The molecule has 0 N–H and O–H groups in total. The highest BCUT2D eigenvalue weighted by molar-refractivity contribution is 8.00. The van der Waals surface area contributed by atoms with E-state index in [2.05, 4.69) is 15.2 Å². The van der Waals surface area contributed by atoms with Gasteiger partial charge >= 0.3 is 0 Å². The van der Waals surface area contributed by atoms with Crippen LogP contribution in [0, 0.1) is 20.2 Å². The molecule has 15 heteroatoms. The van der Waals surface area contributed by atoms with Crippen molar-refractivity contribution in [2.24, 2.45) is 0 Å². The first-order valence-corrected chi connectivity index (χ1v) is 12.6. The summed E-state index contributed by atoms with van der Waals surface area (Å²) in [6.07, 6.45) is 0. The van der Waals surface area contributed by atoms with Crippen molar-refractivity contribution < 1.29 is 14.6 Å². The molecule has 0 spiro atoms. The van der Waals surface area contributed by atoms with E-state index in [4.69, 9.17) is 11.6 Å². The number of hydrogen-bond donors (Lipinski definition) is 0. The van der Waals surface area contributed by atoms with Gasteiger partial charge in [0.25, 0.3) is 11.4 Å². The molecule has 2 unspecified atom stereocenters. The lowest BCUT2D eigenvalue weighted by molar-refractivity contribution is -0.394. The standard InChI is InChI=1S/C19H11ClN6O5S3/c20-15-16(10-6-5-9(25(28)29)7-12(10)26(30)31)24(17(15)27)18-23-22-14(34-18)8-32-19-21-11-3-1-2-4-13(11)33-19/h1-7,15-16H,8H2. The molecule has 2 aromatic heterocycles. The van der Waals surface area contributed by atoms with Crippen molar-refractivity contribution in [2.45, 2.75) is 21.5 Å². The molecule has 2 aromatic carbocycles. The molecule has 4 aromatic rings. The first-order valence-electron chi connectivity index (χ1n) is 9.54. The van der Waals surface area contributed by atoms with Gasteiger partial charge < -0.3 is 0 Å². The summed E-state index contributed by atoms with van der Waals surface area (Å²) in [5.74, 6) is 0.00690. The number of carbonyl (C=O) groups excluding carboxylic acids is 1. The van der Waals surface area contributed by atoms with Crippen LogP contribution >= 0.6 is 46.0 Å². The van der Waals surface area contributed by atoms with E-state index < -0.39 is 38.5 Å². The summed E-state index contributed by atoms with van der Waals surface area (Å²) in [6.45, 7) is 0. The van der Waals surface area contributed by atoms with Gasteiger partial charge in [0.2, 0.25) is 11.0 Å². The Labute approximate surface area is 207 Å². The number of nitrogens with zero attached hydrogens (tertiary/aromatic N) is 6. The maximum absolute atomic E-state index is 12.5. The summed E-state index contributed by atoms with van der Waals surface area (Å²) < 4.78 is 1.95. The maximum atomic E-state index is 12.5. The molecule has 0 bridgehead atoms. The summed E-state index contributed by atoms with van der Waals surface area (Å²) in [5, 5.41) is 30.6. The Morgan fingerprint density at radius 1 is 1.09 bits per heavy atom. The second-order valence-corrected chi connectivity index (χ2v) is 10.8. The summed E-state index contributed by atoms with van der Waals surface area (Å²) >= 11 is 10.4. The van der Waals surface area contributed by atoms with Gasteiger partial charge in [0, 0.05) is 6.07 Å². The van der Waals surface area contributed by atoms with Gasteiger partial charge in [-0.2, -0.15) is 0 Å². The van der Waals surface area contributed by atoms with E-state index in [-0.39, 0.29) is 10.7 Å². The fourth-order valence-corrected chi connectivity index (χ4v) is 6.74. The Bertz CT molecular complexity index is 1430. The lowest BCUT2D eigenvalue weighted by Crippen LogP contribution is -2.56. The third-order valence-corrected chi connectivity index (χ3v) is 8.75. The lowest BCUT2D eigenvalue weighted by atomic mass is 9.92. The van der Waals surface area contributed by atoms with Crippen LogP contribution in [0.4, 0.5) is 16.5 Å². The Kier molecular flexibility index (Phi) is 5.89. The van der Waals surface area contributed by atoms with Crippen LogP contribution in [-0.2, 0) is 10.5 Å². The first-order chi connectivity index (χ1) is 16.3. The number of alkyl halides is 1. The lowest BCUT2D eigenvalue weighted by Gasteiger charge is -2.42. The van der Waals surface area contributed by atoms with Crippen LogP contribution in [0.5, 0.6) is 0 Å². The van der Waals surface area contributed by atoms with E-state index in [1.165, 1.54) is 34.1 Å². The predicted octanol–water partition coefficient (Wildman–Crippen LogP) is 4.95. The van der Waals surface area contributed by atoms with Crippen LogP contribution in [0.1, 0.15) is 16.6 Å². The zero-order chi connectivity index (χ0) is 24.0. The van der Waals surface area contributed by atoms with E-state index in [9.17, 15) is 25.0 Å². The Morgan fingerprint density at radius 3 is 2.62 bits per heavy atom. The van der Waals surface area contributed by atoms with Gasteiger partial charge in [0.05, 0.1) is 43.5 Å². The second kappa shape index (κ2) is 8.87. The number of halogens is 1. The number of anilines is 1. The molecule has 1 fully saturated rings. The number of rotatable bonds is 7. The molecular weight excluding hydrogens is 524 g/mol. The number of aromatic nitrogens is 3. The molecule has 1 aliphatic rings. The van der Waals surface area contributed by atoms with Crippen molar-refractivity contribution in [3.05, 3.63) is 73.3 Å². The van der Waals surface area contributed by atoms with Crippen LogP contribution in [0.3, 0.4) is 0 Å². The van der Waals surface area contributed by atoms with Crippen LogP contribution in [0.15, 0.2) is 46.8 Å². The number of thiazole rings is 1. The summed E-state index contributed by atoms with van der Waals surface area (Å²) in [7, 11) is 0. The van der Waals surface area contributed by atoms with Gasteiger partial charge in [-0.15, -0.1) is 33.1 Å². The summed E-state index contributed by atoms with van der Waals surface area (Å²) in [5.41, 5.74) is 0.0953. The van der Waals surface area contributed by atoms with E-state index in [0.717, 1.165) is 26.7 Å². The smallest absolute Gasteiger partial charge is 0.275 e. The van der Waals surface area contributed by atoms with E-state index >= 15 is 0 Å². The Morgan fingerprint density at radius 2 is 1.88 bits per heavy atom. The number of hydrogen-bond acceptors (Lipinski definition) is 11. The number of amides is 1. The van der Waals surface area contributed by atoms with Gasteiger partial charge in [0.1, 0.15) is 10.4 Å². The molecule has 0 radical (unpaired) electrons. The SMILES string of the molecule is O=C1C(Cl)C(c2ccc([N+](=O)[O-])cc2[N+](=O)[O-])N1c1nnc(CSc2nc3ccccc3s2)s1. The van der Waals surface area contributed by atoms with E-state index in [0.29, 0.717) is 10.8 Å². The minimum absolute atomic E-state index is 0.0933. The second-order valence-electron chi connectivity index (χ2n) is 7.03. The first kappa shape index (κ1) is 22.6. The molecule has 11 nitrogen and oxygen atoms in total. The summed E-state index contributed by atoms with van der Waals surface area (Å²) in [4.78, 5) is 39.5. The molecule has 5 rings (SSSR count). The quantitative estimate of drug-likeness (QED) is 0.106. The van der Waals surface area contributed by atoms with Crippen LogP contribution in [0.25, 0.3) is 10.2 Å². The number of β-lactam (4-membered cyclic amide) rings is 1. The average Bonchev–Trinajstić information content (AvgIpc) is 3.46. The molecule has 1 amide bonds. The van der Waals surface area contributed by atoms with Gasteiger partial charge in [-0.1, -0.05) is 35.2 Å². The molecule has 3 heterocycles. The number of carbonyl (C=O) groups is 1. The van der Waals surface area contributed by atoms with Crippen molar-refractivity contribution in [1.29, 1.82) is 0 Å². The normalized spacial score (nSPS) is 17.7. The zero-order valence-corrected chi connectivity index (χ0v) is 19.9. The van der Waals surface area contributed by atoms with Gasteiger partial charge in [-0.3, -0.25) is 29.9 Å². The molecule has 34 heavy (non-hydrogen) atoms. The molecule has 172 valence electrons. The maximum Gasteiger partial charge on any atom is 0.281 e. The highest BCUT2D eigenvalue weighted by atomic mass is 35.5. The van der Waals surface area contributed by atoms with Crippen molar-refractivity contribution in [1.82, 2.24) is 15.2 Å². The highest BCUT2D eigenvalue weighted by Gasteiger charge is 2.52. The van der Waals surface area contributed by atoms with Crippen molar-refractivity contribution in [2.75, 3.05) is 4.90 Å². The largest absolute Gasteiger partial charge is 0.281 e. The molecular formula is C19H11ClN6O5S3. The zero-order valence-electron chi connectivity index (χ0n) is 16.7. The van der Waals surface area contributed by atoms with Crippen molar-refractivity contribution in [3.8, 4) is 0 Å². The highest BCUT2D eigenvalue weighted by Crippen LogP contribution is 2.46. The average molecular weight is 535 g/mol. The minimum Gasteiger partial charge on any atom is -0.275 e. The monoisotopic (exact) mass is 534 g/mol. The van der Waals surface area contributed by atoms with Gasteiger partial charge in [-0.25, -0.2) is 4.98 Å². The van der Waals surface area contributed by atoms with Crippen LogP contribution in [-0.4, -0.2) is 36.3 Å². The molecule has 1 aliphatic heterocycles. The molecule has 2 atom stereocenters. The molecule has 0 saturated carbocycles. The van der Waals surface area contributed by atoms with E-state index in [1.54, 1.807) is 11.3 Å². The predicted molar refractivity (Wildman–Crippen MR) is 129 cm³/mol. The number of fused-ring (bicyclic) bond motifs is 1. The summed E-state index contributed by atoms with van der Waals surface area (Å²) in [6, 6.07) is 10.2. The number of para-hydroxylation sites is 1. The number of nitro benzene ring substituents is 2. The third-order valence-electron chi connectivity index (χ3n) is 5.02. The fraction of sp³-hybridized carbons (Fsp3) is 0.158. The van der Waals surface area contributed by atoms with Gasteiger partial charge in [0.15, 0.2) is 4.34 Å². The van der Waals surface area contributed by atoms with Crippen LogP contribution in [0.2, 0.25) is 0 Å². The fourth-order valence-electron chi connectivity index (χ4n) is 3.45. The number of thioether (sulfide) groups is 1. The molecule has 1 saturated heterocycles. The van der Waals surface area contributed by atoms with E-state index in [1.807, 2.05) is 24.3 Å². The minimum atomic E-state index is -1.07. The van der Waals surface area contributed by atoms with Gasteiger partial charge in [-0.05, 0) is 18.2 Å². The topological polar surface area (TPSA) is 145 Å². The van der Waals surface area contributed by atoms with Crippen LogP contribution < -0.4 is 4.90 Å². The van der Waals surface area contributed by atoms with Crippen molar-refractivity contribution in [3.63, 3.8) is 0 Å². The Hall–Kier alpha value is -3.20. The number of non-ortho nitro benzene ring substituents is 1. The Balaban J connectivity index is 1.38. The third kappa shape index (κ3) is 3.98.